The van der Waals surface area contributed by atoms with E-state index in [1.165, 1.54) is 39.1 Å². The van der Waals surface area contributed by atoms with Crippen molar-refractivity contribution in [1.29, 1.82) is 0 Å². The zero-order valence-corrected chi connectivity index (χ0v) is 25.8. The molecule has 5 N–H and O–H groups in total. The number of aliphatic hydroxyl groups excluding tert-OH is 1. The molecule has 6 nitrogen and oxygen atoms in total. The quantitative estimate of drug-likeness (QED) is 0.317. The Morgan fingerprint density at radius 2 is 1.77 bits per heavy atom. The van der Waals surface area contributed by atoms with Crippen LogP contribution in [-0.2, 0) is 25.9 Å². The highest BCUT2D eigenvalue weighted by Crippen LogP contribution is 2.51. The van der Waals surface area contributed by atoms with Crippen molar-refractivity contribution in [1.82, 2.24) is 10.2 Å². The number of allylic oxidation sites excluding steroid dienone is 1. The van der Waals surface area contributed by atoms with E-state index < -0.39 is 5.60 Å². The number of aliphatic hydroxyl groups is 2. The Morgan fingerprint density at radius 1 is 1.07 bits per heavy atom. The smallest absolute Gasteiger partial charge is 0.0903 e. The zero-order chi connectivity index (χ0) is 29.2. The second-order valence-corrected chi connectivity index (χ2v) is 12.9. The van der Waals surface area contributed by atoms with Gasteiger partial charge in [-0.2, -0.15) is 0 Å². The second-order valence-electron chi connectivity index (χ2n) is 12.9. The van der Waals surface area contributed by atoms with Crippen LogP contribution in [0.1, 0.15) is 54.5 Å². The predicted octanol–water partition coefficient (Wildman–Crippen LogP) is 4.04. The van der Waals surface area contributed by atoms with Crippen LogP contribution in [0.3, 0.4) is 0 Å². The van der Waals surface area contributed by atoms with E-state index in [2.05, 4.69) is 86.4 Å². The summed E-state index contributed by atoms with van der Waals surface area (Å²) >= 11 is 0. The van der Waals surface area contributed by atoms with E-state index in [0.29, 0.717) is 18.9 Å². The Balaban J connectivity index is 1.73. The summed E-state index contributed by atoms with van der Waals surface area (Å²) in [7, 11) is 8.32. The first kappa shape index (κ1) is 30.7. The van der Waals surface area contributed by atoms with Crippen LogP contribution in [0.4, 0.5) is 5.69 Å². The number of rotatable bonds is 11. The number of hydrogen-bond donors (Lipinski definition) is 4. The molecule has 0 radical (unpaired) electrons. The van der Waals surface area contributed by atoms with Gasteiger partial charge in [0.2, 0.25) is 0 Å². The van der Waals surface area contributed by atoms with Crippen molar-refractivity contribution < 1.29 is 10.2 Å². The van der Waals surface area contributed by atoms with E-state index in [4.69, 9.17) is 5.73 Å². The van der Waals surface area contributed by atoms with Crippen molar-refractivity contribution >= 4 is 5.69 Å². The van der Waals surface area contributed by atoms with Crippen molar-refractivity contribution in [3.63, 3.8) is 0 Å². The largest absolute Gasteiger partial charge is 0.395 e. The van der Waals surface area contributed by atoms with Crippen molar-refractivity contribution in [3.8, 4) is 0 Å². The van der Waals surface area contributed by atoms with Gasteiger partial charge in [-0.15, -0.1) is 0 Å². The van der Waals surface area contributed by atoms with Crippen LogP contribution in [0.15, 0.2) is 47.5 Å². The van der Waals surface area contributed by atoms with E-state index in [1.54, 1.807) is 0 Å². The minimum absolute atomic E-state index is 0.0320. The third kappa shape index (κ3) is 6.02. The molecular formula is C34H52N4O2. The van der Waals surface area contributed by atoms with Crippen LogP contribution in [0.5, 0.6) is 0 Å². The number of hydrogen-bond acceptors (Lipinski definition) is 6. The van der Waals surface area contributed by atoms with Gasteiger partial charge in [-0.25, -0.2) is 0 Å². The second kappa shape index (κ2) is 12.7. The van der Waals surface area contributed by atoms with Crippen molar-refractivity contribution in [3.05, 3.63) is 75.4 Å². The molecule has 0 heterocycles. The molecule has 0 saturated carbocycles. The normalized spacial score (nSPS) is 24.1. The first-order valence-corrected chi connectivity index (χ1v) is 15.0. The fraction of sp³-hybridized carbons (Fsp3) is 0.588. The molecule has 0 fully saturated rings. The Morgan fingerprint density at radius 3 is 2.38 bits per heavy atom. The maximum absolute atomic E-state index is 12.5. The summed E-state index contributed by atoms with van der Waals surface area (Å²) in [5.41, 5.74) is 15.7. The van der Waals surface area contributed by atoms with E-state index in [0.717, 1.165) is 37.9 Å². The number of likely N-dealkylation sites (N-methyl/N-ethyl adjacent to an activating group) is 1. The average Bonchev–Trinajstić information content (AvgIpc) is 2.92. The minimum atomic E-state index is -0.979. The Bertz CT molecular complexity index is 1190. The fourth-order valence-corrected chi connectivity index (χ4v) is 7.39. The summed E-state index contributed by atoms with van der Waals surface area (Å²) in [6.45, 7) is 8.78. The lowest BCUT2D eigenvalue weighted by molar-refractivity contribution is -0.0633. The minimum Gasteiger partial charge on any atom is -0.395 e. The molecule has 5 atom stereocenters. The van der Waals surface area contributed by atoms with Crippen LogP contribution < -0.4 is 16.0 Å². The number of fused-ring (bicyclic) bond motifs is 2. The maximum Gasteiger partial charge on any atom is 0.0903 e. The van der Waals surface area contributed by atoms with Crippen molar-refractivity contribution in [2.75, 3.05) is 46.2 Å². The highest BCUT2D eigenvalue weighted by atomic mass is 16.3. The summed E-state index contributed by atoms with van der Waals surface area (Å²) < 4.78 is 0. The van der Waals surface area contributed by atoms with E-state index in [-0.39, 0.29) is 24.5 Å². The van der Waals surface area contributed by atoms with Gasteiger partial charge < -0.3 is 31.1 Å². The molecule has 0 aromatic heterocycles. The summed E-state index contributed by atoms with van der Waals surface area (Å²) in [5, 5.41) is 26.6. The van der Waals surface area contributed by atoms with Crippen LogP contribution in [0, 0.1) is 24.7 Å². The molecule has 6 heteroatoms. The molecule has 4 rings (SSSR count). The van der Waals surface area contributed by atoms with Gasteiger partial charge in [0.15, 0.2) is 0 Å². The molecule has 2 aromatic carbocycles. The van der Waals surface area contributed by atoms with Gasteiger partial charge in [0.25, 0.3) is 0 Å². The van der Waals surface area contributed by atoms with Gasteiger partial charge in [0.1, 0.15) is 0 Å². The number of anilines is 1. The van der Waals surface area contributed by atoms with Gasteiger partial charge in [0, 0.05) is 44.8 Å². The number of nitrogens with one attached hydrogen (secondary N) is 1. The molecule has 2 aromatic rings. The monoisotopic (exact) mass is 548 g/mol. The molecule has 0 aliphatic heterocycles. The first-order valence-electron chi connectivity index (χ1n) is 15.0. The summed E-state index contributed by atoms with van der Waals surface area (Å²) in [4.78, 5) is 4.35. The first-order chi connectivity index (χ1) is 19.0. The molecule has 40 heavy (non-hydrogen) atoms. The van der Waals surface area contributed by atoms with Gasteiger partial charge in [-0.05, 0) is 111 Å². The third-order valence-electron chi connectivity index (χ3n) is 9.86. The Hall–Kier alpha value is -2.22. The van der Waals surface area contributed by atoms with Gasteiger partial charge >= 0.3 is 0 Å². The standard InChI is InChI=1S/C34H52N4O2/c1-22(18-35)17-34(40)24(3)29-16-28-23(2)27(20-36-19-25-11-9-8-10-12-25)15-32(37(4)5)30(28)13-26(29)14-31(34)33(21-39)38(6)7/h8-12,15,22,26,31,33,36,39-40H,13-14,16-21,35H2,1-7H3/t22?,26-,31-,33?,34+/m0/s1. The van der Waals surface area contributed by atoms with Crippen LogP contribution in [0.2, 0.25) is 0 Å². The third-order valence-corrected chi connectivity index (χ3v) is 9.86. The molecule has 2 unspecified atom stereocenters. The summed E-state index contributed by atoms with van der Waals surface area (Å²) in [5.74, 6) is 0.503. The SMILES string of the molecule is CC1=C2Cc3c(C)c(CNCc4ccccc4)cc(N(C)C)c3C[C@H]2C[C@@H](C(CO)N(C)C)[C@@]1(O)CC(C)CN. The van der Waals surface area contributed by atoms with Crippen molar-refractivity contribution in [2.45, 2.75) is 71.2 Å². The molecule has 2 aliphatic rings. The van der Waals surface area contributed by atoms with Crippen LogP contribution >= 0.6 is 0 Å². The summed E-state index contributed by atoms with van der Waals surface area (Å²) in [6, 6.07) is 12.8. The van der Waals surface area contributed by atoms with E-state index in [1.807, 2.05) is 14.1 Å². The highest BCUT2D eigenvalue weighted by molar-refractivity contribution is 5.64. The maximum atomic E-state index is 12.5. The molecule has 220 valence electrons. The fourth-order valence-electron chi connectivity index (χ4n) is 7.39. The lowest BCUT2D eigenvalue weighted by Crippen LogP contribution is -2.56. The average molecular weight is 549 g/mol. The highest BCUT2D eigenvalue weighted by Gasteiger charge is 2.50. The molecule has 0 bridgehead atoms. The summed E-state index contributed by atoms with van der Waals surface area (Å²) in [6.07, 6.45) is 3.34. The molecular weight excluding hydrogens is 496 g/mol. The molecule has 0 saturated heterocycles. The number of nitrogens with zero attached hydrogens (tertiary/aromatic N) is 2. The topological polar surface area (TPSA) is 85.0 Å². The van der Waals surface area contributed by atoms with Gasteiger partial charge in [-0.1, -0.05) is 42.8 Å². The van der Waals surface area contributed by atoms with E-state index >= 15 is 0 Å². The Kier molecular flexibility index (Phi) is 9.79. The van der Waals surface area contributed by atoms with E-state index in [9.17, 15) is 10.2 Å². The molecule has 0 spiro atoms. The zero-order valence-electron chi connectivity index (χ0n) is 25.8. The molecule has 2 aliphatic carbocycles. The van der Waals surface area contributed by atoms with Gasteiger partial charge in [0.05, 0.1) is 12.2 Å². The Labute approximate surface area is 242 Å². The lowest BCUT2D eigenvalue weighted by Gasteiger charge is -2.51. The van der Waals surface area contributed by atoms with Crippen LogP contribution in [-0.4, -0.2) is 68.1 Å². The van der Waals surface area contributed by atoms with Crippen LogP contribution in [0.25, 0.3) is 0 Å². The molecule has 0 amide bonds. The van der Waals surface area contributed by atoms with Crippen molar-refractivity contribution in [2.24, 2.45) is 23.5 Å². The lowest BCUT2D eigenvalue weighted by atomic mass is 9.59. The number of benzene rings is 2. The number of nitrogens with two attached hydrogens (primary N) is 1. The van der Waals surface area contributed by atoms with Gasteiger partial charge in [-0.3, -0.25) is 0 Å². The predicted molar refractivity (Wildman–Crippen MR) is 167 cm³/mol.